The van der Waals surface area contributed by atoms with Gasteiger partial charge in [0, 0.05) is 42.7 Å². The first-order valence-corrected chi connectivity index (χ1v) is 8.26. The number of fused-ring (bicyclic) bond motifs is 1. The summed E-state index contributed by atoms with van der Waals surface area (Å²) in [6.07, 6.45) is 4.47. The van der Waals surface area contributed by atoms with Gasteiger partial charge in [0.05, 0.1) is 5.69 Å². The van der Waals surface area contributed by atoms with Gasteiger partial charge in [-0.2, -0.15) is 0 Å². The number of aldehydes is 1. The minimum Gasteiger partial charge on any atom is -0.480 e. The van der Waals surface area contributed by atoms with Gasteiger partial charge >= 0.3 is 5.97 Å². The Balaban J connectivity index is 1.64. The van der Waals surface area contributed by atoms with E-state index in [4.69, 9.17) is 0 Å². The van der Waals surface area contributed by atoms with E-state index in [2.05, 4.69) is 10.3 Å². The van der Waals surface area contributed by atoms with Gasteiger partial charge in [-0.3, -0.25) is 9.59 Å². The van der Waals surface area contributed by atoms with Crippen molar-refractivity contribution in [1.29, 1.82) is 0 Å². The summed E-state index contributed by atoms with van der Waals surface area (Å²) in [6, 6.07) is 9.96. The summed E-state index contributed by atoms with van der Waals surface area (Å²) in [7, 11) is 0. The van der Waals surface area contributed by atoms with Crippen molar-refractivity contribution in [2.24, 2.45) is 0 Å². The molecule has 0 radical (unpaired) electrons. The second kappa shape index (κ2) is 7.69. The standard InChI is InChI=1S/C19H19N3O4/c23-12-14-4-3-8-22(14)9-7-18(24)21-17(19(25)26)10-13-11-20-16-6-2-1-5-15(13)16/h1-6,8,11-12,17,20H,7,9-10H2,(H,21,24)(H,25,26). The maximum atomic E-state index is 12.2. The van der Waals surface area contributed by atoms with E-state index >= 15 is 0 Å². The molecule has 2 aromatic heterocycles. The Morgan fingerprint density at radius 1 is 1.23 bits per heavy atom. The third-order valence-electron chi connectivity index (χ3n) is 4.30. The highest BCUT2D eigenvalue weighted by Crippen LogP contribution is 2.19. The van der Waals surface area contributed by atoms with E-state index in [0.717, 1.165) is 22.8 Å². The van der Waals surface area contributed by atoms with Gasteiger partial charge in [0.2, 0.25) is 5.91 Å². The second-order valence-electron chi connectivity index (χ2n) is 6.02. The van der Waals surface area contributed by atoms with Crippen molar-refractivity contribution in [3.8, 4) is 0 Å². The molecule has 1 aromatic carbocycles. The number of amides is 1. The molecule has 7 nitrogen and oxygen atoms in total. The van der Waals surface area contributed by atoms with Crippen molar-refractivity contribution in [1.82, 2.24) is 14.9 Å². The highest BCUT2D eigenvalue weighted by molar-refractivity contribution is 5.86. The van der Waals surface area contributed by atoms with E-state index < -0.39 is 12.0 Å². The van der Waals surface area contributed by atoms with Gasteiger partial charge in [0.15, 0.2) is 6.29 Å². The molecular formula is C19H19N3O4. The van der Waals surface area contributed by atoms with Crippen LogP contribution in [0.3, 0.4) is 0 Å². The van der Waals surface area contributed by atoms with Gasteiger partial charge in [-0.1, -0.05) is 18.2 Å². The van der Waals surface area contributed by atoms with Crippen LogP contribution in [0.4, 0.5) is 0 Å². The Labute approximate surface area is 149 Å². The quantitative estimate of drug-likeness (QED) is 0.539. The fourth-order valence-electron chi connectivity index (χ4n) is 2.95. The van der Waals surface area contributed by atoms with E-state index in [1.807, 2.05) is 24.3 Å². The first-order valence-electron chi connectivity index (χ1n) is 8.26. The van der Waals surface area contributed by atoms with Crippen LogP contribution in [-0.2, 0) is 22.6 Å². The van der Waals surface area contributed by atoms with Gasteiger partial charge in [0.25, 0.3) is 0 Å². The van der Waals surface area contributed by atoms with Crippen LogP contribution in [0.5, 0.6) is 0 Å². The molecule has 0 fully saturated rings. The molecule has 0 aliphatic rings. The van der Waals surface area contributed by atoms with E-state index in [1.54, 1.807) is 29.1 Å². The SMILES string of the molecule is O=Cc1cccn1CCC(=O)NC(Cc1c[nH]c2ccccc12)C(=O)O. The predicted molar refractivity (Wildman–Crippen MR) is 96.0 cm³/mol. The number of carboxylic acid groups (broad SMARTS) is 1. The Morgan fingerprint density at radius 3 is 2.81 bits per heavy atom. The minimum absolute atomic E-state index is 0.0905. The number of aromatic amines is 1. The number of carboxylic acids is 1. The molecule has 2 heterocycles. The fourth-order valence-corrected chi connectivity index (χ4v) is 2.95. The van der Waals surface area contributed by atoms with E-state index in [0.29, 0.717) is 12.2 Å². The largest absolute Gasteiger partial charge is 0.480 e. The molecule has 134 valence electrons. The fraction of sp³-hybridized carbons (Fsp3) is 0.211. The molecule has 0 spiro atoms. The molecule has 3 aromatic rings. The van der Waals surface area contributed by atoms with Crippen molar-refractivity contribution in [2.75, 3.05) is 0 Å². The zero-order chi connectivity index (χ0) is 18.5. The number of carbonyl (C=O) groups is 3. The molecule has 7 heteroatoms. The average Bonchev–Trinajstić information content (AvgIpc) is 3.26. The lowest BCUT2D eigenvalue weighted by Crippen LogP contribution is -2.42. The van der Waals surface area contributed by atoms with Gasteiger partial charge in [-0.25, -0.2) is 4.79 Å². The van der Waals surface area contributed by atoms with Gasteiger partial charge in [-0.05, 0) is 23.8 Å². The van der Waals surface area contributed by atoms with Crippen molar-refractivity contribution in [3.63, 3.8) is 0 Å². The number of carbonyl (C=O) groups excluding carboxylic acids is 2. The molecule has 3 rings (SSSR count). The molecule has 0 aliphatic carbocycles. The third-order valence-corrected chi connectivity index (χ3v) is 4.30. The molecule has 3 N–H and O–H groups in total. The monoisotopic (exact) mass is 353 g/mol. The zero-order valence-electron chi connectivity index (χ0n) is 14.0. The van der Waals surface area contributed by atoms with Crippen LogP contribution in [-0.4, -0.2) is 38.9 Å². The van der Waals surface area contributed by atoms with E-state index in [-0.39, 0.29) is 18.7 Å². The van der Waals surface area contributed by atoms with Crippen molar-refractivity contribution >= 4 is 29.1 Å². The molecule has 0 bridgehead atoms. The van der Waals surface area contributed by atoms with Crippen LogP contribution in [0.1, 0.15) is 22.5 Å². The zero-order valence-corrected chi connectivity index (χ0v) is 14.0. The number of aryl methyl sites for hydroxylation is 1. The summed E-state index contributed by atoms with van der Waals surface area (Å²) < 4.78 is 1.65. The van der Waals surface area contributed by atoms with Crippen LogP contribution in [0.2, 0.25) is 0 Å². The van der Waals surface area contributed by atoms with E-state index in [1.165, 1.54) is 0 Å². The lowest BCUT2D eigenvalue weighted by atomic mass is 10.0. The van der Waals surface area contributed by atoms with Gasteiger partial charge in [-0.15, -0.1) is 0 Å². The Hall–Kier alpha value is -3.35. The first kappa shape index (κ1) is 17.5. The number of aliphatic carboxylic acids is 1. The highest BCUT2D eigenvalue weighted by atomic mass is 16.4. The average molecular weight is 353 g/mol. The maximum absolute atomic E-state index is 12.2. The van der Waals surface area contributed by atoms with Crippen LogP contribution < -0.4 is 5.32 Å². The van der Waals surface area contributed by atoms with Crippen LogP contribution in [0.25, 0.3) is 10.9 Å². The maximum Gasteiger partial charge on any atom is 0.326 e. The summed E-state index contributed by atoms with van der Waals surface area (Å²) in [4.78, 5) is 37.7. The topological polar surface area (TPSA) is 104 Å². The minimum atomic E-state index is -1.09. The number of hydrogen-bond donors (Lipinski definition) is 3. The van der Waals surface area contributed by atoms with Crippen LogP contribution in [0, 0.1) is 0 Å². The molecule has 1 atom stereocenters. The lowest BCUT2D eigenvalue weighted by Gasteiger charge is -2.14. The summed E-state index contributed by atoms with van der Waals surface area (Å²) in [5.41, 5.74) is 2.24. The van der Waals surface area contributed by atoms with Crippen molar-refractivity contribution < 1.29 is 19.5 Å². The highest BCUT2D eigenvalue weighted by Gasteiger charge is 2.21. The Kier molecular flexibility index (Phi) is 5.17. The molecule has 0 saturated carbocycles. The van der Waals surface area contributed by atoms with Crippen LogP contribution >= 0.6 is 0 Å². The molecular weight excluding hydrogens is 334 g/mol. The normalized spacial score (nSPS) is 12.0. The summed E-state index contributed by atoms with van der Waals surface area (Å²) in [5.74, 6) is -1.46. The smallest absolute Gasteiger partial charge is 0.326 e. The van der Waals surface area contributed by atoms with E-state index in [9.17, 15) is 19.5 Å². The number of para-hydroxylation sites is 1. The number of nitrogens with one attached hydrogen (secondary N) is 2. The Bertz CT molecular complexity index is 941. The molecule has 1 unspecified atom stereocenters. The van der Waals surface area contributed by atoms with Crippen molar-refractivity contribution in [2.45, 2.75) is 25.4 Å². The number of rotatable bonds is 8. The van der Waals surface area contributed by atoms with Gasteiger partial charge < -0.3 is 20.0 Å². The Morgan fingerprint density at radius 2 is 2.04 bits per heavy atom. The number of benzene rings is 1. The summed E-state index contributed by atoms with van der Waals surface area (Å²) >= 11 is 0. The molecule has 26 heavy (non-hydrogen) atoms. The number of aromatic nitrogens is 2. The number of nitrogens with zero attached hydrogens (tertiary/aromatic N) is 1. The summed E-state index contributed by atoms with van der Waals surface area (Å²) in [5, 5.41) is 13.0. The first-order chi connectivity index (χ1) is 12.6. The number of H-pyrrole nitrogens is 1. The third kappa shape index (κ3) is 3.83. The van der Waals surface area contributed by atoms with Gasteiger partial charge in [0.1, 0.15) is 6.04 Å². The second-order valence-corrected chi connectivity index (χ2v) is 6.02. The predicted octanol–water partition coefficient (Wildman–Crippen LogP) is 1.98. The molecule has 0 aliphatic heterocycles. The lowest BCUT2D eigenvalue weighted by molar-refractivity contribution is -0.141. The number of hydrogen-bond acceptors (Lipinski definition) is 3. The molecule has 1 amide bonds. The summed E-state index contributed by atoms with van der Waals surface area (Å²) in [6.45, 7) is 0.312. The van der Waals surface area contributed by atoms with Crippen LogP contribution in [0.15, 0.2) is 48.8 Å². The van der Waals surface area contributed by atoms with Crippen molar-refractivity contribution in [3.05, 3.63) is 60.0 Å². The molecule has 0 saturated heterocycles.